The fraction of sp³-hybridized carbons (Fsp3) is 0.462. The van der Waals surface area contributed by atoms with Gasteiger partial charge in [0.15, 0.2) is 0 Å². The van der Waals surface area contributed by atoms with Crippen molar-refractivity contribution in [2.45, 2.75) is 26.4 Å². The highest BCUT2D eigenvalue weighted by Crippen LogP contribution is 2.07. The van der Waals surface area contributed by atoms with Gasteiger partial charge < -0.3 is 5.11 Å². The molecule has 0 aliphatic carbocycles. The van der Waals surface area contributed by atoms with Crippen LogP contribution in [0.15, 0.2) is 30.3 Å². The second kappa shape index (κ2) is 7.04. The van der Waals surface area contributed by atoms with Gasteiger partial charge in [-0.2, -0.15) is 4.89 Å². The van der Waals surface area contributed by atoms with Crippen LogP contribution in [-0.4, -0.2) is 23.8 Å². The summed E-state index contributed by atoms with van der Waals surface area (Å²) in [7, 11) is 0. The van der Waals surface area contributed by atoms with Crippen molar-refractivity contribution >= 4 is 5.97 Å². The molecule has 0 spiro atoms. The maximum Gasteiger partial charge on any atom is 0.373 e. The van der Waals surface area contributed by atoms with Crippen molar-refractivity contribution in [1.29, 1.82) is 0 Å². The largest absolute Gasteiger partial charge is 0.393 e. The molecule has 1 aromatic carbocycles. The normalized spacial score (nSPS) is 14.1. The Morgan fingerprint density at radius 1 is 1.29 bits per heavy atom. The molecule has 0 aromatic heterocycles. The number of benzene rings is 1. The third-order valence-electron chi connectivity index (χ3n) is 2.24. The van der Waals surface area contributed by atoms with E-state index in [9.17, 15) is 4.79 Å². The first-order chi connectivity index (χ1) is 8.09. The number of aliphatic hydroxyl groups excluding tert-OH is 1. The fourth-order valence-electron chi connectivity index (χ4n) is 1.48. The van der Waals surface area contributed by atoms with Gasteiger partial charge >= 0.3 is 5.97 Å². The summed E-state index contributed by atoms with van der Waals surface area (Å²) in [6.07, 6.45) is 0.238. The van der Waals surface area contributed by atoms with E-state index in [4.69, 9.17) is 9.99 Å². The predicted octanol–water partition coefficient (Wildman–Crippen LogP) is 2.18. The van der Waals surface area contributed by atoms with E-state index in [0.29, 0.717) is 12.0 Å². The minimum absolute atomic E-state index is 0.138. The molecule has 1 rings (SSSR count). The Morgan fingerprint density at radius 3 is 2.53 bits per heavy atom. The zero-order chi connectivity index (χ0) is 12.7. The van der Waals surface area contributed by atoms with Crippen molar-refractivity contribution in [3.63, 3.8) is 0 Å². The molecule has 0 bridgehead atoms. The molecule has 4 nitrogen and oxygen atoms in total. The highest BCUT2D eigenvalue weighted by atomic mass is 17.2. The van der Waals surface area contributed by atoms with Crippen molar-refractivity contribution in [3.8, 4) is 0 Å². The first kappa shape index (κ1) is 13.7. The van der Waals surface area contributed by atoms with Gasteiger partial charge in [-0.15, -0.1) is 0 Å². The molecule has 0 saturated heterocycles. The molecule has 1 N–H and O–H groups in total. The van der Waals surface area contributed by atoms with Gasteiger partial charge in [-0.1, -0.05) is 25.1 Å². The van der Waals surface area contributed by atoms with Crippen LogP contribution >= 0.6 is 0 Å². The molecule has 94 valence electrons. The molecule has 0 heterocycles. The highest BCUT2D eigenvalue weighted by Gasteiger charge is 2.10. The van der Waals surface area contributed by atoms with Gasteiger partial charge in [-0.05, 0) is 31.4 Å². The molecule has 0 amide bonds. The molecular weight excluding hydrogens is 220 g/mol. The van der Waals surface area contributed by atoms with E-state index >= 15 is 0 Å². The van der Waals surface area contributed by atoms with E-state index in [1.165, 1.54) is 0 Å². The molecule has 0 fully saturated rings. The second-order valence-electron chi connectivity index (χ2n) is 4.21. The van der Waals surface area contributed by atoms with E-state index in [1.807, 2.05) is 13.0 Å². The maximum atomic E-state index is 11.5. The van der Waals surface area contributed by atoms with Gasteiger partial charge in [0.2, 0.25) is 0 Å². The van der Waals surface area contributed by atoms with E-state index in [2.05, 4.69) is 4.89 Å². The summed E-state index contributed by atoms with van der Waals surface area (Å²) in [5.74, 6) is -0.367. The SMILES string of the molecule is CC(O)CC(C)COOC(=O)c1ccccc1. The van der Waals surface area contributed by atoms with Crippen LogP contribution in [0.25, 0.3) is 0 Å². The summed E-state index contributed by atoms with van der Waals surface area (Å²) in [5.41, 5.74) is 0.454. The maximum absolute atomic E-state index is 11.5. The van der Waals surface area contributed by atoms with Gasteiger partial charge in [0.05, 0.1) is 18.3 Å². The van der Waals surface area contributed by atoms with Crippen LogP contribution < -0.4 is 0 Å². The number of carbonyl (C=O) groups is 1. The van der Waals surface area contributed by atoms with Crippen LogP contribution in [0.1, 0.15) is 30.6 Å². The topological polar surface area (TPSA) is 55.8 Å². The number of hydrogen-bond acceptors (Lipinski definition) is 4. The monoisotopic (exact) mass is 238 g/mol. The number of carbonyl (C=O) groups excluding carboxylic acids is 1. The van der Waals surface area contributed by atoms with Crippen LogP contribution in [0.4, 0.5) is 0 Å². The fourth-order valence-corrected chi connectivity index (χ4v) is 1.48. The quantitative estimate of drug-likeness (QED) is 0.609. The lowest BCUT2D eigenvalue weighted by Crippen LogP contribution is -2.15. The predicted molar refractivity (Wildman–Crippen MR) is 63.3 cm³/mol. The number of hydrogen-bond donors (Lipinski definition) is 1. The highest BCUT2D eigenvalue weighted by molar-refractivity contribution is 5.88. The Bertz CT molecular complexity index is 335. The molecule has 2 unspecified atom stereocenters. The van der Waals surface area contributed by atoms with Gasteiger partial charge in [-0.3, -0.25) is 4.89 Å². The van der Waals surface area contributed by atoms with Gasteiger partial charge in [0.25, 0.3) is 0 Å². The van der Waals surface area contributed by atoms with Gasteiger partial charge in [0.1, 0.15) is 0 Å². The van der Waals surface area contributed by atoms with E-state index in [-0.39, 0.29) is 18.6 Å². The van der Waals surface area contributed by atoms with Crippen LogP contribution in [0.2, 0.25) is 0 Å². The van der Waals surface area contributed by atoms with E-state index < -0.39 is 5.97 Å². The minimum Gasteiger partial charge on any atom is -0.393 e. The van der Waals surface area contributed by atoms with Crippen molar-refractivity contribution < 1.29 is 19.7 Å². The Labute approximate surface area is 101 Å². The summed E-state index contributed by atoms with van der Waals surface area (Å²) in [6.45, 7) is 3.92. The van der Waals surface area contributed by atoms with Crippen LogP contribution in [0.3, 0.4) is 0 Å². The number of aliphatic hydroxyl groups is 1. The molecule has 2 atom stereocenters. The lowest BCUT2D eigenvalue weighted by atomic mass is 10.1. The molecular formula is C13H18O4. The zero-order valence-corrected chi connectivity index (χ0v) is 10.1. The van der Waals surface area contributed by atoms with E-state index in [1.54, 1.807) is 31.2 Å². The van der Waals surface area contributed by atoms with Crippen molar-refractivity contribution in [3.05, 3.63) is 35.9 Å². The lowest BCUT2D eigenvalue weighted by Gasteiger charge is -2.12. The van der Waals surface area contributed by atoms with Crippen LogP contribution in [0.5, 0.6) is 0 Å². The van der Waals surface area contributed by atoms with Crippen LogP contribution in [-0.2, 0) is 9.78 Å². The van der Waals surface area contributed by atoms with Gasteiger partial charge in [-0.25, -0.2) is 4.79 Å². The molecule has 4 heteroatoms. The Hall–Kier alpha value is -1.39. The Kier molecular flexibility index (Phi) is 5.66. The number of rotatable bonds is 6. The smallest absolute Gasteiger partial charge is 0.373 e. The summed E-state index contributed by atoms with van der Waals surface area (Å²) in [6, 6.07) is 8.65. The lowest BCUT2D eigenvalue weighted by molar-refractivity contribution is -0.248. The summed E-state index contributed by atoms with van der Waals surface area (Å²) >= 11 is 0. The van der Waals surface area contributed by atoms with E-state index in [0.717, 1.165) is 0 Å². The molecule has 0 radical (unpaired) electrons. The standard InChI is InChI=1S/C13H18O4/c1-10(8-11(2)14)9-16-17-13(15)12-6-4-3-5-7-12/h3-7,10-11,14H,8-9H2,1-2H3. The summed E-state index contributed by atoms with van der Waals surface area (Å²) < 4.78 is 0. The first-order valence-electron chi connectivity index (χ1n) is 5.66. The first-order valence-corrected chi connectivity index (χ1v) is 5.66. The Balaban J connectivity index is 2.25. The summed E-state index contributed by atoms with van der Waals surface area (Å²) in [4.78, 5) is 21.0. The molecule has 0 saturated carbocycles. The second-order valence-corrected chi connectivity index (χ2v) is 4.21. The third kappa shape index (κ3) is 5.47. The van der Waals surface area contributed by atoms with Crippen molar-refractivity contribution in [2.75, 3.05) is 6.61 Å². The van der Waals surface area contributed by atoms with Gasteiger partial charge in [0, 0.05) is 0 Å². The average Bonchev–Trinajstić information content (AvgIpc) is 2.29. The Morgan fingerprint density at radius 2 is 1.94 bits per heavy atom. The summed E-state index contributed by atoms with van der Waals surface area (Å²) in [5, 5.41) is 9.15. The van der Waals surface area contributed by atoms with Crippen molar-refractivity contribution in [1.82, 2.24) is 0 Å². The molecule has 17 heavy (non-hydrogen) atoms. The zero-order valence-electron chi connectivity index (χ0n) is 10.1. The van der Waals surface area contributed by atoms with Crippen LogP contribution in [0, 0.1) is 5.92 Å². The third-order valence-corrected chi connectivity index (χ3v) is 2.24. The van der Waals surface area contributed by atoms with Crippen molar-refractivity contribution in [2.24, 2.45) is 5.92 Å². The molecule has 0 aliphatic rings. The molecule has 1 aromatic rings. The molecule has 0 aliphatic heterocycles. The minimum atomic E-state index is -0.505. The average molecular weight is 238 g/mol.